The van der Waals surface area contributed by atoms with Gasteiger partial charge in [-0.25, -0.2) is 0 Å². The van der Waals surface area contributed by atoms with E-state index in [4.69, 9.17) is 5.73 Å². The molecule has 1 atom stereocenters. The molecule has 0 aliphatic heterocycles. The van der Waals surface area contributed by atoms with Crippen molar-refractivity contribution in [3.63, 3.8) is 0 Å². The summed E-state index contributed by atoms with van der Waals surface area (Å²) in [5, 5.41) is 3.22. The predicted octanol–water partition coefficient (Wildman–Crippen LogP) is 0.219. The summed E-state index contributed by atoms with van der Waals surface area (Å²) in [6, 6.07) is 0. The summed E-state index contributed by atoms with van der Waals surface area (Å²) in [5.74, 6) is 0.706. The zero-order chi connectivity index (χ0) is 8.85. The van der Waals surface area contributed by atoms with Crippen LogP contribution in [-0.2, 0) is 0 Å². The maximum atomic E-state index is 5.72. The van der Waals surface area contributed by atoms with Gasteiger partial charge in [0.25, 0.3) is 0 Å². The quantitative estimate of drug-likeness (QED) is 0.189. The second-order valence-electron chi connectivity index (χ2n) is 2.33. The number of rotatable bonds is 3. The first-order valence-electron chi connectivity index (χ1n) is 3.94. The summed E-state index contributed by atoms with van der Waals surface area (Å²) in [7, 11) is 0. The first kappa shape index (κ1) is 10.6. The molecule has 0 aliphatic carbocycles. The van der Waals surface area contributed by atoms with Crippen molar-refractivity contribution in [2.45, 2.75) is 26.1 Å². The Hall–Kier alpha value is -0.380. The van der Waals surface area contributed by atoms with Crippen LogP contribution in [0.4, 0.5) is 0 Å². The Bertz CT molecular complexity index is 143. The molecule has 3 N–H and O–H groups in total. The van der Waals surface area contributed by atoms with Crippen LogP contribution >= 0.6 is 12.6 Å². The van der Waals surface area contributed by atoms with Crippen molar-refractivity contribution < 1.29 is 4.58 Å². The number of thiol groups is 1. The van der Waals surface area contributed by atoms with Gasteiger partial charge in [0.05, 0.1) is 13.1 Å². The van der Waals surface area contributed by atoms with Crippen LogP contribution in [0.2, 0.25) is 0 Å². The van der Waals surface area contributed by atoms with Gasteiger partial charge < -0.3 is 0 Å². The lowest BCUT2D eigenvalue weighted by Crippen LogP contribution is -2.42. The van der Waals surface area contributed by atoms with E-state index >= 15 is 0 Å². The fourth-order valence-corrected chi connectivity index (χ4v) is 1.21. The highest BCUT2D eigenvalue weighted by Gasteiger charge is 2.08. The molecule has 0 aromatic rings. The third-order valence-corrected chi connectivity index (χ3v) is 1.74. The van der Waals surface area contributed by atoms with Crippen LogP contribution in [0, 0.1) is 0 Å². The Kier molecular flexibility index (Phi) is 5.11. The van der Waals surface area contributed by atoms with Gasteiger partial charge in [0, 0.05) is 0 Å². The van der Waals surface area contributed by atoms with Crippen molar-refractivity contribution in [2.24, 2.45) is 5.73 Å². The van der Waals surface area contributed by atoms with Gasteiger partial charge in [-0.1, -0.05) is 0 Å². The largest absolute Gasteiger partial charge is 0.344 e. The minimum atomic E-state index is 0.166. The molecule has 1 unspecified atom stereocenters. The number of hydrogen-bond acceptors (Lipinski definition) is 1. The third kappa shape index (κ3) is 3.51. The van der Waals surface area contributed by atoms with E-state index in [2.05, 4.69) is 24.9 Å². The van der Waals surface area contributed by atoms with Crippen molar-refractivity contribution in [1.82, 2.24) is 5.32 Å². The van der Waals surface area contributed by atoms with Crippen molar-refractivity contribution in [1.29, 1.82) is 0 Å². The summed E-state index contributed by atoms with van der Waals surface area (Å²) in [5.41, 5.74) is 5.72. The lowest BCUT2D eigenvalue weighted by Gasteiger charge is -2.11. The number of hydrogen-bond donors (Lipinski definition) is 3. The molecule has 0 fully saturated rings. The molecule has 3 nitrogen and oxygen atoms in total. The fourth-order valence-electron chi connectivity index (χ4n) is 0.919. The number of nitrogens with one attached hydrogen (secondary N) is 1. The van der Waals surface area contributed by atoms with E-state index in [1.54, 1.807) is 0 Å². The van der Waals surface area contributed by atoms with Gasteiger partial charge in [-0.2, -0.15) is 0 Å². The maximum absolute atomic E-state index is 5.72. The van der Waals surface area contributed by atoms with E-state index in [-0.39, 0.29) is 5.37 Å². The van der Waals surface area contributed by atoms with Crippen molar-refractivity contribution in [2.75, 3.05) is 13.1 Å². The normalized spacial score (nSPS) is 15.6. The van der Waals surface area contributed by atoms with Crippen LogP contribution in [0.15, 0.2) is 0 Å². The zero-order valence-corrected chi connectivity index (χ0v) is 8.36. The standard InChI is InChI=1S/C7H17N3S/c1-4-9-7(8)10(5-2)6(3)11/h6H,4-5H2,1-3H3,(H3,8,9,11)/p+1. The lowest BCUT2D eigenvalue weighted by atomic mass is 10.6. The second-order valence-corrected chi connectivity index (χ2v) is 3.08. The van der Waals surface area contributed by atoms with E-state index < -0.39 is 0 Å². The Morgan fingerprint density at radius 1 is 1.64 bits per heavy atom. The topological polar surface area (TPSA) is 41.1 Å². The van der Waals surface area contributed by atoms with Crippen LogP contribution in [0.1, 0.15) is 20.8 Å². The van der Waals surface area contributed by atoms with Crippen LogP contribution in [0.25, 0.3) is 0 Å². The van der Waals surface area contributed by atoms with Crippen LogP contribution in [-0.4, -0.2) is 29.0 Å². The van der Waals surface area contributed by atoms with Crippen LogP contribution < -0.4 is 11.1 Å². The third-order valence-electron chi connectivity index (χ3n) is 1.46. The molecule has 0 aromatic heterocycles. The molecule has 0 saturated carbocycles. The SMILES string of the molecule is CCN/C(N)=[N+](\CC)C(C)S. The Morgan fingerprint density at radius 2 is 2.18 bits per heavy atom. The average molecular weight is 176 g/mol. The van der Waals surface area contributed by atoms with E-state index in [1.807, 2.05) is 18.4 Å². The van der Waals surface area contributed by atoms with Gasteiger partial charge in [-0.05, 0) is 20.8 Å². The fraction of sp³-hybridized carbons (Fsp3) is 0.857. The van der Waals surface area contributed by atoms with E-state index in [9.17, 15) is 0 Å². The van der Waals surface area contributed by atoms with E-state index in [0.29, 0.717) is 5.96 Å². The summed E-state index contributed by atoms with van der Waals surface area (Å²) in [6.07, 6.45) is 0. The molecule has 4 heteroatoms. The van der Waals surface area contributed by atoms with Gasteiger partial charge in [-0.3, -0.25) is 15.6 Å². The lowest BCUT2D eigenvalue weighted by molar-refractivity contribution is -0.537. The molecule has 0 amide bonds. The molecule has 0 aromatic carbocycles. The molecule has 0 spiro atoms. The summed E-state index contributed by atoms with van der Waals surface area (Å²) in [6.45, 7) is 7.80. The molecule has 66 valence electrons. The Morgan fingerprint density at radius 3 is 2.45 bits per heavy atom. The number of guanidine groups is 1. The van der Waals surface area contributed by atoms with Gasteiger partial charge >= 0.3 is 5.96 Å². The smallest absolute Gasteiger partial charge is 0.291 e. The summed E-state index contributed by atoms with van der Waals surface area (Å²) >= 11 is 4.29. The maximum Gasteiger partial charge on any atom is 0.344 e. The molecule has 0 bridgehead atoms. The molecule has 0 aliphatic rings. The van der Waals surface area contributed by atoms with E-state index in [0.717, 1.165) is 13.1 Å². The zero-order valence-electron chi connectivity index (χ0n) is 7.46. The van der Waals surface area contributed by atoms with Crippen molar-refractivity contribution in [3.05, 3.63) is 0 Å². The van der Waals surface area contributed by atoms with Gasteiger partial charge in [0.2, 0.25) is 0 Å². The highest BCUT2D eigenvalue weighted by Crippen LogP contribution is 1.93. The molecular formula is C7H18N3S+. The van der Waals surface area contributed by atoms with Crippen molar-refractivity contribution >= 4 is 18.6 Å². The summed E-state index contributed by atoms with van der Waals surface area (Å²) in [4.78, 5) is 0. The first-order valence-corrected chi connectivity index (χ1v) is 4.46. The molecule has 0 heterocycles. The van der Waals surface area contributed by atoms with Gasteiger partial charge in [-0.15, -0.1) is 12.6 Å². The minimum absolute atomic E-state index is 0.166. The number of nitrogens with two attached hydrogens (primary N) is 1. The highest BCUT2D eigenvalue weighted by atomic mass is 32.1. The Labute approximate surface area is 74.1 Å². The minimum Gasteiger partial charge on any atom is -0.291 e. The number of nitrogens with zero attached hydrogens (tertiary/aromatic N) is 1. The monoisotopic (exact) mass is 176 g/mol. The van der Waals surface area contributed by atoms with Gasteiger partial charge in [0.15, 0.2) is 0 Å². The van der Waals surface area contributed by atoms with Crippen LogP contribution in [0.5, 0.6) is 0 Å². The van der Waals surface area contributed by atoms with Gasteiger partial charge in [0.1, 0.15) is 5.37 Å². The van der Waals surface area contributed by atoms with E-state index in [1.165, 1.54) is 0 Å². The average Bonchev–Trinajstić information content (AvgIpc) is 1.88. The molecular weight excluding hydrogens is 158 g/mol. The highest BCUT2D eigenvalue weighted by molar-refractivity contribution is 7.80. The molecule has 0 rings (SSSR count). The first-order chi connectivity index (χ1) is 5.13. The molecule has 0 saturated heterocycles. The summed E-state index contributed by atoms with van der Waals surface area (Å²) < 4.78 is 1.99. The van der Waals surface area contributed by atoms with Crippen LogP contribution in [0.3, 0.4) is 0 Å². The van der Waals surface area contributed by atoms with Crippen molar-refractivity contribution in [3.8, 4) is 0 Å². The molecule has 0 radical (unpaired) electrons. The molecule has 11 heavy (non-hydrogen) atoms. The second kappa shape index (κ2) is 5.29. The predicted molar refractivity (Wildman–Crippen MR) is 52.1 cm³/mol. The Balaban J connectivity index is 4.27.